The summed E-state index contributed by atoms with van der Waals surface area (Å²) >= 11 is 0. The fourth-order valence-corrected chi connectivity index (χ4v) is 6.12. The van der Waals surface area contributed by atoms with Gasteiger partial charge in [0.2, 0.25) is 0 Å². The molecule has 0 heterocycles. The van der Waals surface area contributed by atoms with Crippen LogP contribution in [-0.2, 0) is 27.9 Å². The molecule has 0 radical (unpaired) electrons. The topological polar surface area (TPSA) is 158 Å². The summed E-state index contributed by atoms with van der Waals surface area (Å²) in [7, 11) is -4.37. The minimum Gasteiger partial charge on any atom is -0.498 e. The number of hydrogen-bond acceptors (Lipinski definition) is 9. The molecule has 0 aliphatic carbocycles. The van der Waals surface area contributed by atoms with Gasteiger partial charge in [0.15, 0.2) is 6.10 Å². The van der Waals surface area contributed by atoms with Crippen LogP contribution in [0.25, 0.3) is 0 Å². The monoisotopic (exact) mass is 758 g/mol. The number of hydrogen-bond donors (Lipinski definition) is 4. The van der Waals surface area contributed by atoms with Crippen LogP contribution in [0.3, 0.4) is 0 Å². The van der Waals surface area contributed by atoms with Gasteiger partial charge in [-0.15, -0.1) is 0 Å². The van der Waals surface area contributed by atoms with Gasteiger partial charge in [0, 0.05) is 13.0 Å². The average Bonchev–Trinajstić information content (AvgIpc) is 3.13. The van der Waals surface area contributed by atoms with Crippen molar-refractivity contribution in [3.05, 3.63) is 48.8 Å². The summed E-state index contributed by atoms with van der Waals surface area (Å²) in [6.07, 6.45) is 36.7. The number of aliphatic hydroxyl groups excluding tert-OH is 2. The molecule has 0 aromatic rings. The zero-order valence-electron chi connectivity index (χ0n) is 32.8. The number of ether oxygens (including phenoxy) is 2. The number of rotatable bonds is 38. The van der Waals surface area contributed by atoms with E-state index in [-0.39, 0.29) is 32.6 Å². The van der Waals surface area contributed by atoms with Crippen LogP contribution in [0.1, 0.15) is 162 Å². The summed E-state index contributed by atoms with van der Waals surface area (Å²) < 4.78 is 32.9. The summed E-state index contributed by atoms with van der Waals surface area (Å²) in [6.45, 7) is 3.86. The zero-order valence-corrected chi connectivity index (χ0v) is 33.7. The third kappa shape index (κ3) is 35.3. The van der Waals surface area contributed by atoms with Crippen LogP contribution in [0.15, 0.2) is 48.8 Å². The first-order valence-corrected chi connectivity index (χ1v) is 21.8. The van der Waals surface area contributed by atoms with Gasteiger partial charge in [-0.25, -0.2) is 4.57 Å². The maximum atomic E-state index is 12.6. The molecule has 0 spiro atoms. The lowest BCUT2D eigenvalue weighted by molar-refractivity contribution is -0.153. The van der Waals surface area contributed by atoms with Gasteiger partial charge in [-0.05, 0) is 63.9 Å². The maximum absolute atomic E-state index is 12.6. The Labute approximate surface area is 316 Å². The fourth-order valence-electron chi connectivity index (χ4n) is 5.36. The molecule has 10 nitrogen and oxygen atoms in total. The van der Waals surface area contributed by atoms with E-state index in [9.17, 15) is 24.5 Å². The molecule has 304 valence electrons. The molecule has 0 aromatic heterocycles. The van der Waals surface area contributed by atoms with Crippen molar-refractivity contribution in [2.75, 3.05) is 26.4 Å². The second-order valence-electron chi connectivity index (χ2n) is 13.5. The van der Waals surface area contributed by atoms with E-state index < -0.39 is 38.7 Å². The Morgan fingerprint density at radius 1 is 0.673 bits per heavy atom. The quantitative estimate of drug-likeness (QED) is 0.0157. The van der Waals surface area contributed by atoms with Crippen molar-refractivity contribution in [2.45, 2.75) is 180 Å². The van der Waals surface area contributed by atoms with Gasteiger partial charge >= 0.3 is 13.8 Å². The van der Waals surface area contributed by atoms with Crippen LogP contribution < -0.4 is 5.73 Å². The van der Waals surface area contributed by atoms with Crippen LogP contribution in [0.4, 0.5) is 0 Å². The van der Waals surface area contributed by atoms with Gasteiger partial charge < -0.3 is 30.3 Å². The van der Waals surface area contributed by atoms with Crippen LogP contribution in [0.2, 0.25) is 0 Å². The summed E-state index contributed by atoms with van der Waals surface area (Å²) in [5.41, 5.74) is 5.34. The number of nitrogens with two attached hydrogens (primary N) is 1. The lowest BCUT2D eigenvalue weighted by atomic mass is 10.0. The van der Waals surface area contributed by atoms with Crippen molar-refractivity contribution in [1.82, 2.24) is 0 Å². The molecule has 0 aliphatic rings. The number of unbranched alkanes of at least 4 members (excludes halogenated alkanes) is 15. The first-order valence-electron chi connectivity index (χ1n) is 20.3. The Morgan fingerprint density at radius 2 is 1.21 bits per heavy atom. The normalized spacial score (nSPS) is 15.2. The van der Waals surface area contributed by atoms with Gasteiger partial charge in [-0.1, -0.05) is 134 Å². The lowest BCUT2D eigenvalue weighted by Crippen LogP contribution is -2.28. The van der Waals surface area contributed by atoms with E-state index in [0.29, 0.717) is 12.8 Å². The molecule has 4 atom stereocenters. The Morgan fingerprint density at radius 3 is 1.85 bits per heavy atom. The van der Waals surface area contributed by atoms with E-state index >= 15 is 0 Å². The smallest absolute Gasteiger partial charge is 0.472 e. The third-order valence-electron chi connectivity index (χ3n) is 8.51. The van der Waals surface area contributed by atoms with Crippen LogP contribution >= 0.6 is 7.82 Å². The average molecular weight is 758 g/mol. The first-order chi connectivity index (χ1) is 25.3. The van der Waals surface area contributed by atoms with Gasteiger partial charge in [-0.2, -0.15) is 0 Å². The Hall–Kier alpha value is -1.78. The summed E-state index contributed by atoms with van der Waals surface area (Å²) in [4.78, 5) is 22.4. The van der Waals surface area contributed by atoms with Crippen LogP contribution in [0.5, 0.6) is 0 Å². The largest absolute Gasteiger partial charge is 0.498 e. The molecular weight excluding hydrogens is 681 g/mol. The summed E-state index contributed by atoms with van der Waals surface area (Å²) in [6, 6.07) is 0. The number of phosphoric ester groups is 1. The third-order valence-corrected chi connectivity index (χ3v) is 9.50. The number of aliphatic hydroxyl groups is 2. The van der Waals surface area contributed by atoms with Crippen LogP contribution in [-0.4, -0.2) is 65.8 Å². The molecule has 0 saturated heterocycles. The molecule has 3 unspecified atom stereocenters. The van der Waals surface area contributed by atoms with E-state index in [1.165, 1.54) is 89.9 Å². The molecule has 0 saturated carbocycles. The number of allylic oxidation sites excluding steroid dienone is 6. The van der Waals surface area contributed by atoms with E-state index in [0.717, 1.165) is 32.1 Å². The van der Waals surface area contributed by atoms with Gasteiger partial charge in [0.25, 0.3) is 0 Å². The van der Waals surface area contributed by atoms with Crippen molar-refractivity contribution in [3.8, 4) is 0 Å². The van der Waals surface area contributed by atoms with E-state index in [1.54, 1.807) is 6.26 Å². The maximum Gasteiger partial charge on any atom is 0.472 e. The Balaban J connectivity index is 4.40. The highest BCUT2D eigenvalue weighted by Gasteiger charge is 2.25. The Bertz CT molecular complexity index is 972. The van der Waals surface area contributed by atoms with Crippen molar-refractivity contribution in [1.29, 1.82) is 0 Å². The molecule has 0 fully saturated rings. The first kappa shape index (κ1) is 50.2. The molecule has 0 aromatic carbocycles. The molecular formula is C41H76NO9P. The Kier molecular flexibility index (Phi) is 36.2. The molecule has 11 heteroatoms. The van der Waals surface area contributed by atoms with Gasteiger partial charge in [0.05, 0.1) is 31.7 Å². The van der Waals surface area contributed by atoms with Gasteiger partial charge in [0.1, 0.15) is 6.61 Å². The number of esters is 1. The van der Waals surface area contributed by atoms with E-state index in [2.05, 4.69) is 38.2 Å². The molecule has 0 bridgehead atoms. The van der Waals surface area contributed by atoms with Crippen molar-refractivity contribution in [3.63, 3.8) is 0 Å². The standard InChI is InChI=1S/C41H76NO9P/c1-3-5-7-9-11-13-15-17-18-20-22-24-26-28-34-48-36-38(37-50-52(46,47)49-35-33-42)51-41(45)32-29-31-40(44)39(43)30-27-25-23-21-19-16-14-12-10-8-6-4-2/h12,14,19,21,25,27-28,34,38-40,43-44H,3-11,13,15-18,20,22-24,26,29-33,35-37,42H2,1-2H3,(H,46,47)/b14-12-,21-19-,27-25-,34-28+/t38-,39?,40?/m1/s1. The molecule has 0 rings (SSSR count). The highest BCUT2D eigenvalue weighted by Crippen LogP contribution is 2.43. The molecule has 52 heavy (non-hydrogen) atoms. The molecule has 0 amide bonds. The molecule has 5 N–H and O–H groups in total. The number of phosphoric acid groups is 1. The second kappa shape index (κ2) is 37.5. The van der Waals surface area contributed by atoms with E-state index in [1.807, 2.05) is 18.2 Å². The van der Waals surface area contributed by atoms with Crippen molar-refractivity contribution < 1.29 is 43.0 Å². The predicted octanol–water partition coefficient (Wildman–Crippen LogP) is 9.92. The van der Waals surface area contributed by atoms with Crippen molar-refractivity contribution in [2.24, 2.45) is 5.73 Å². The number of carbonyl (C=O) groups excluding carboxylic acids is 1. The second-order valence-corrected chi connectivity index (χ2v) is 15.0. The van der Waals surface area contributed by atoms with Gasteiger partial charge in [-0.3, -0.25) is 13.8 Å². The highest BCUT2D eigenvalue weighted by atomic mass is 31.2. The lowest BCUT2D eigenvalue weighted by Gasteiger charge is -2.20. The molecule has 0 aliphatic heterocycles. The number of carbonyl (C=O) groups is 1. The summed E-state index contributed by atoms with van der Waals surface area (Å²) in [5, 5.41) is 20.7. The minimum atomic E-state index is -4.37. The van der Waals surface area contributed by atoms with Crippen molar-refractivity contribution >= 4 is 13.8 Å². The predicted molar refractivity (Wildman–Crippen MR) is 213 cm³/mol. The zero-order chi connectivity index (χ0) is 38.4. The fraction of sp³-hybridized carbons (Fsp3) is 0.780. The SMILES string of the molecule is CCCCC/C=C\C/C=C\C/C=C\CC(O)C(O)CCCC(=O)O[C@H](CO/C=C/CCCCCCCCCCCCCC)COP(=O)(O)OCCN. The van der Waals surface area contributed by atoms with Crippen LogP contribution in [0, 0.1) is 0 Å². The highest BCUT2D eigenvalue weighted by molar-refractivity contribution is 7.47. The van der Waals surface area contributed by atoms with E-state index in [4.69, 9.17) is 24.3 Å². The summed E-state index contributed by atoms with van der Waals surface area (Å²) in [5.74, 6) is -0.572. The minimum absolute atomic E-state index is 0.0107.